The maximum Gasteiger partial charge on any atom is 0.310 e. The van der Waals surface area contributed by atoms with E-state index in [0.717, 1.165) is 22.6 Å². The summed E-state index contributed by atoms with van der Waals surface area (Å²) in [5, 5.41) is 5.51. The summed E-state index contributed by atoms with van der Waals surface area (Å²) in [4.78, 5) is 11.4. The number of rotatable bonds is 3. The van der Waals surface area contributed by atoms with E-state index in [1.807, 2.05) is 13.8 Å². The molecule has 0 saturated carbocycles. The quantitative estimate of drug-likeness (QED) is 0.815. The highest BCUT2D eigenvalue weighted by Gasteiger charge is 2.17. The molecule has 0 atom stereocenters. The number of carbonyl (C=O) groups excluding carboxylic acids is 1. The molecule has 0 spiro atoms. The lowest BCUT2D eigenvalue weighted by Crippen LogP contribution is -2.06. The van der Waals surface area contributed by atoms with Gasteiger partial charge in [0.05, 0.1) is 29.9 Å². The van der Waals surface area contributed by atoms with Crippen molar-refractivity contribution in [1.82, 2.24) is 9.78 Å². The number of hydrogen-bond donors (Lipinski definition) is 0. The largest absolute Gasteiger partial charge is 0.469 e. The third kappa shape index (κ3) is 2.81. The maximum absolute atomic E-state index is 11.4. The number of nitrogens with zero attached hydrogens (tertiary/aromatic N) is 2. The second-order valence-corrected chi connectivity index (χ2v) is 5.25. The first-order chi connectivity index (χ1) is 9.43. The number of aryl methyl sites for hydroxylation is 1. The van der Waals surface area contributed by atoms with Crippen molar-refractivity contribution in [3.8, 4) is 5.69 Å². The van der Waals surface area contributed by atoms with Gasteiger partial charge in [-0.25, -0.2) is 4.68 Å². The molecule has 2 aromatic rings. The zero-order valence-electron chi connectivity index (χ0n) is 11.4. The predicted octanol–water partition coefficient (Wildman–Crippen LogP) is 3.51. The monoisotopic (exact) mass is 312 g/mol. The number of ether oxygens (including phenoxy) is 1. The molecule has 0 amide bonds. The second kappa shape index (κ2) is 5.85. The molecule has 0 saturated heterocycles. The first-order valence-electron chi connectivity index (χ1n) is 6.01. The van der Waals surface area contributed by atoms with Crippen LogP contribution >= 0.6 is 23.2 Å². The van der Waals surface area contributed by atoms with E-state index in [-0.39, 0.29) is 12.4 Å². The van der Waals surface area contributed by atoms with Crippen LogP contribution in [0.2, 0.25) is 10.0 Å². The number of esters is 1. The van der Waals surface area contributed by atoms with Crippen LogP contribution in [0.25, 0.3) is 5.69 Å². The maximum atomic E-state index is 11.4. The lowest BCUT2D eigenvalue weighted by Gasteiger charge is -2.07. The minimum Gasteiger partial charge on any atom is -0.469 e. The van der Waals surface area contributed by atoms with Gasteiger partial charge in [0.15, 0.2) is 0 Å². The Morgan fingerprint density at radius 3 is 2.65 bits per heavy atom. The van der Waals surface area contributed by atoms with Crippen LogP contribution in [-0.4, -0.2) is 22.9 Å². The molecule has 4 nitrogen and oxygen atoms in total. The van der Waals surface area contributed by atoms with Crippen LogP contribution in [0.3, 0.4) is 0 Å². The average Bonchev–Trinajstić information content (AvgIpc) is 2.66. The molecule has 0 aliphatic carbocycles. The molecule has 1 heterocycles. The van der Waals surface area contributed by atoms with Gasteiger partial charge in [0.2, 0.25) is 0 Å². The van der Waals surface area contributed by atoms with E-state index >= 15 is 0 Å². The number of methoxy groups -OCH3 is 1. The van der Waals surface area contributed by atoms with E-state index in [9.17, 15) is 4.79 Å². The molecule has 106 valence electrons. The van der Waals surface area contributed by atoms with E-state index in [1.165, 1.54) is 7.11 Å². The molecular weight excluding hydrogens is 299 g/mol. The Morgan fingerprint density at radius 2 is 2.05 bits per heavy atom. The predicted molar refractivity (Wildman–Crippen MR) is 78.8 cm³/mol. The molecule has 1 aromatic carbocycles. The second-order valence-electron chi connectivity index (χ2n) is 4.41. The van der Waals surface area contributed by atoms with Crippen LogP contribution < -0.4 is 0 Å². The van der Waals surface area contributed by atoms with Gasteiger partial charge in [-0.3, -0.25) is 4.79 Å². The van der Waals surface area contributed by atoms with Gasteiger partial charge >= 0.3 is 5.97 Å². The topological polar surface area (TPSA) is 44.1 Å². The van der Waals surface area contributed by atoms with E-state index < -0.39 is 0 Å². The van der Waals surface area contributed by atoms with Crippen LogP contribution in [0.4, 0.5) is 0 Å². The zero-order chi connectivity index (χ0) is 14.9. The van der Waals surface area contributed by atoms with E-state index in [4.69, 9.17) is 27.9 Å². The Kier molecular flexibility index (Phi) is 4.35. The molecule has 0 bridgehead atoms. The van der Waals surface area contributed by atoms with Gasteiger partial charge in [-0.1, -0.05) is 23.2 Å². The number of benzene rings is 1. The third-order valence-electron chi connectivity index (χ3n) is 3.13. The van der Waals surface area contributed by atoms with Crippen LogP contribution in [0, 0.1) is 13.8 Å². The standard InChI is InChI=1S/C14H14Cl2N2O2/c1-8-11(7-14(19)20-3)9(2)18(17-8)13-5-4-10(15)6-12(13)16/h4-6H,7H2,1-3H3. The summed E-state index contributed by atoms with van der Waals surface area (Å²) in [5.41, 5.74) is 3.21. The van der Waals surface area contributed by atoms with Crippen molar-refractivity contribution in [2.45, 2.75) is 20.3 Å². The summed E-state index contributed by atoms with van der Waals surface area (Å²) in [6.07, 6.45) is 0.194. The highest BCUT2D eigenvalue weighted by molar-refractivity contribution is 6.35. The fourth-order valence-electron chi connectivity index (χ4n) is 2.03. The van der Waals surface area contributed by atoms with Gasteiger partial charge in [-0.15, -0.1) is 0 Å². The van der Waals surface area contributed by atoms with Gasteiger partial charge in [0.1, 0.15) is 0 Å². The van der Waals surface area contributed by atoms with Crippen LogP contribution in [0.15, 0.2) is 18.2 Å². The summed E-state index contributed by atoms with van der Waals surface area (Å²) in [5.74, 6) is -0.294. The van der Waals surface area contributed by atoms with Crippen LogP contribution in [-0.2, 0) is 16.0 Å². The third-order valence-corrected chi connectivity index (χ3v) is 3.67. The molecule has 0 unspecified atom stereocenters. The van der Waals surface area contributed by atoms with Crippen LogP contribution in [0.1, 0.15) is 17.0 Å². The lowest BCUT2D eigenvalue weighted by atomic mass is 10.1. The van der Waals surface area contributed by atoms with Gasteiger partial charge in [-0.05, 0) is 32.0 Å². The summed E-state index contributed by atoms with van der Waals surface area (Å²) < 4.78 is 6.41. The fraction of sp³-hybridized carbons (Fsp3) is 0.286. The van der Waals surface area contributed by atoms with E-state index in [2.05, 4.69) is 5.10 Å². The molecule has 0 N–H and O–H groups in total. The Labute approximate surface area is 127 Å². The van der Waals surface area contributed by atoms with Crippen molar-refractivity contribution in [1.29, 1.82) is 0 Å². The summed E-state index contributed by atoms with van der Waals surface area (Å²) in [6, 6.07) is 5.21. The molecule has 0 radical (unpaired) electrons. The molecule has 2 rings (SSSR count). The Hall–Kier alpha value is -1.52. The van der Waals surface area contributed by atoms with Crippen LogP contribution in [0.5, 0.6) is 0 Å². The van der Waals surface area contributed by atoms with Crippen molar-refractivity contribution in [2.24, 2.45) is 0 Å². The summed E-state index contributed by atoms with van der Waals surface area (Å²) in [6.45, 7) is 3.74. The van der Waals surface area contributed by atoms with Crippen molar-refractivity contribution >= 4 is 29.2 Å². The first-order valence-corrected chi connectivity index (χ1v) is 6.77. The van der Waals surface area contributed by atoms with Gasteiger partial charge in [0.25, 0.3) is 0 Å². The minimum atomic E-state index is -0.294. The average molecular weight is 313 g/mol. The van der Waals surface area contributed by atoms with Crippen molar-refractivity contribution in [3.05, 3.63) is 45.2 Å². The Balaban J connectivity index is 2.48. The smallest absolute Gasteiger partial charge is 0.310 e. The zero-order valence-corrected chi connectivity index (χ0v) is 12.9. The molecule has 0 aliphatic heterocycles. The normalized spacial score (nSPS) is 10.7. The fourth-order valence-corrected chi connectivity index (χ4v) is 2.52. The molecule has 1 aromatic heterocycles. The molecule has 0 aliphatic rings. The van der Waals surface area contributed by atoms with Gasteiger partial charge in [-0.2, -0.15) is 5.10 Å². The minimum absolute atomic E-state index is 0.194. The summed E-state index contributed by atoms with van der Waals surface area (Å²) in [7, 11) is 1.37. The van der Waals surface area contributed by atoms with Gasteiger partial charge < -0.3 is 4.74 Å². The molecule has 20 heavy (non-hydrogen) atoms. The van der Waals surface area contributed by atoms with E-state index in [1.54, 1.807) is 22.9 Å². The van der Waals surface area contributed by atoms with E-state index in [0.29, 0.717) is 10.0 Å². The molecular formula is C14H14Cl2N2O2. The SMILES string of the molecule is COC(=O)Cc1c(C)nn(-c2ccc(Cl)cc2Cl)c1C. The number of hydrogen-bond acceptors (Lipinski definition) is 3. The summed E-state index contributed by atoms with van der Waals surface area (Å²) >= 11 is 12.1. The number of aromatic nitrogens is 2. The van der Waals surface area contributed by atoms with Crippen molar-refractivity contribution < 1.29 is 9.53 Å². The highest BCUT2D eigenvalue weighted by Crippen LogP contribution is 2.27. The molecule has 6 heteroatoms. The van der Waals surface area contributed by atoms with Crippen molar-refractivity contribution in [3.63, 3.8) is 0 Å². The first kappa shape index (κ1) is 14.9. The number of halogens is 2. The number of carbonyl (C=O) groups is 1. The van der Waals surface area contributed by atoms with Gasteiger partial charge in [0, 0.05) is 16.3 Å². The lowest BCUT2D eigenvalue weighted by molar-refractivity contribution is -0.139. The highest BCUT2D eigenvalue weighted by atomic mass is 35.5. The Bertz CT molecular complexity index is 665. The molecule has 0 fully saturated rings. The Morgan fingerprint density at radius 1 is 1.35 bits per heavy atom. The van der Waals surface area contributed by atoms with Crippen molar-refractivity contribution in [2.75, 3.05) is 7.11 Å².